The van der Waals surface area contributed by atoms with Crippen molar-refractivity contribution in [3.8, 4) is 0 Å². The van der Waals surface area contributed by atoms with Gasteiger partial charge in [-0.3, -0.25) is 37.3 Å². The highest BCUT2D eigenvalue weighted by atomic mass is 31.2. The standard InChI is InChI=1S/C95H186O17P2/c1-7-10-12-14-16-18-20-22-24-26-28-30-32-36-40-44-48-52-59-65-71-77-92(97)105-83-90(111-94(99)79-73-68-62-54-50-46-42-38-34-33-35-39-43-47-51-58-64-70-76-88(6)9-3)85-109-113(101,102)107-81-89(96)82-108-114(103,104)110-86-91(84-106-93(98)78-72-66-60-56-55-57-63-69-75-87(4)5)112-95(100)80-74-67-61-53-49-45-41-37-31-29-27-25-23-21-19-17-15-13-11-8-2/h87-91,96H,7-86H2,1-6H3,(H,101,102)(H,103,104)/t88?,89-,90-,91-/m1/s1. The van der Waals surface area contributed by atoms with E-state index >= 15 is 0 Å². The molecular weight excluding hydrogens is 1470 g/mol. The number of aliphatic hydroxyl groups excluding tert-OH is 1. The van der Waals surface area contributed by atoms with Gasteiger partial charge in [0.05, 0.1) is 26.4 Å². The summed E-state index contributed by atoms with van der Waals surface area (Å²) in [6.07, 6.45) is 82.2. The molecule has 17 nitrogen and oxygen atoms in total. The lowest BCUT2D eigenvalue weighted by Crippen LogP contribution is -2.30. The van der Waals surface area contributed by atoms with Crippen molar-refractivity contribution >= 4 is 39.5 Å². The Bertz CT molecular complexity index is 2170. The first-order valence-electron chi connectivity index (χ1n) is 49.0. The molecule has 0 aromatic carbocycles. The fraction of sp³-hybridized carbons (Fsp3) is 0.958. The van der Waals surface area contributed by atoms with E-state index in [0.29, 0.717) is 25.7 Å². The van der Waals surface area contributed by atoms with Gasteiger partial charge in [-0.15, -0.1) is 0 Å². The molecule has 3 N–H and O–H groups in total. The zero-order chi connectivity index (χ0) is 83.4. The molecule has 0 aliphatic rings. The second-order valence-corrected chi connectivity index (χ2v) is 37.7. The molecule has 0 aliphatic heterocycles. The molecule has 0 rings (SSSR count). The number of hydrogen-bond donors (Lipinski definition) is 3. The second-order valence-electron chi connectivity index (χ2n) is 34.8. The number of esters is 4. The predicted molar refractivity (Wildman–Crippen MR) is 474 cm³/mol. The average molecular weight is 1660 g/mol. The van der Waals surface area contributed by atoms with Gasteiger partial charge >= 0.3 is 39.5 Å². The van der Waals surface area contributed by atoms with Crippen LogP contribution in [0.25, 0.3) is 0 Å². The molecular formula is C95H186O17P2. The first kappa shape index (κ1) is 112. The quantitative estimate of drug-likeness (QED) is 0.0222. The van der Waals surface area contributed by atoms with Gasteiger partial charge in [0.15, 0.2) is 12.2 Å². The van der Waals surface area contributed by atoms with Crippen LogP contribution in [0, 0.1) is 11.8 Å². The van der Waals surface area contributed by atoms with Crippen LogP contribution >= 0.6 is 15.6 Å². The molecule has 0 saturated heterocycles. The maximum absolute atomic E-state index is 13.2. The zero-order valence-electron chi connectivity index (χ0n) is 75.4. The number of aliphatic hydroxyl groups is 1. The molecule has 0 amide bonds. The molecule has 6 atom stereocenters. The van der Waals surface area contributed by atoms with Crippen LogP contribution < -0.4 is 0 Å². The van der Waals surface area contributed by atoms with Gasteiger partial charge in [-0.25, -0.2) is 9.13 Å². The van der Waals surface area contributed by atoms with Crippen molar-refractivity contribution in [1.82, 2.24) is 0 Å². The summed E-state index contributed by atoms with van der Waals surface area (Å²) in [5, 5.41) is 10.7. The van der Waals surface area contributed by atoms with Crippen LogP contribution in [-0.4, -0.2) is 96.7 Å². The second kappa shape index (κ2) is 86.0. The van der Waals surface area contributed by atoms with E-state index < -0.39 is 97.5 Å². The number of carbonyl (C=O) groups is 4. The third-order valence-corrected chi connectivity index (χ3v) is 24.7. The van der Waals surface area contributed by atoms with E-state index in [1.54, 1.807) is 0 Å². The third kappa shape index (κ3) is 86.4. The molecule has 0 spiro atoms. The smallest absolute Gasteiger partial charge is 0.462 e. The van der Waals surface area contributed by atoms with Crippen molar-refractivity contribution in [3.05, 3.63) is 0 Å². The van der Waals surface area contributed by atoms with E-state index in [-0.39, 0.29) is 25.7 Å². The Kier molecular flexibility index (Phi) is 84.6. The van der Waals surface area contributed by atoms with E-state index in [9.17, 15) is 43.2 Å². The molecule has 114 heavy (non-hydrogen) atoms. The Balaban J connectivity index is 5.22. The minimum atomic E-state index is -4.97. The lowest BCUT2D eigenvalue weighted by Gasteiger charge is -2.21. The maximum atomic E-state index is 13.2. The van der Waals surface area contributed by atoms with Gasteiger partial charge in [-0.2, -0.15) is 0 Å². The van der Waals surface area contributed by atoms with E-state index in [1.807, 2.05) is 0 Å². The fourth-order valence-corrected chi connectivity index (χ4v) is 16.6. The summed E-state index contributed by atoms with van der Waals surface area (Å²) in [6.45, 7) is 9.76. The normalized spacial score (nSPS) is 13.9. The number of phosphoric acid groups is 2. The molecule has 678 valence electrons. The highest BCUT2D eigenvalue weighted by Gasteiger charge is 2.31. The van der Waals surface area contributed by atoms with Crippen molar-refractivity contribution in [2.45, 2.75) is 535 Å². The van der Waals surface area contributed by atoms with Gasteiger partial charge in [0.2, 0.25) is 0 Å². The number of rotatable bonds is 94. The molecule has 0 aromatic heterocycles. The summed E-state index contributed by atoms with van der Waals surface area (Å²) in [7, 11) is -9.94. The SMILES string of the molecule is CCCCCCCCCCCCCCCCCCCCCCCC(=O)OC[C@H](COP(=O)(O)OC[C@@H](O)COP(=O)(O)OC[C@@H](COC(=O)CCCCCCCCCCC(C)C)OC(=O)CCCCCCCCCCCCCCCCCCCCCC)OC(=O)CCCCCCCCCCCCCCCCCCCCC(C)CC. The molecule has 0 aliphatic carbocycles. The van der Waals surface area contributed by atoms with Crippen molar-refractivity contribution in [1.29, 1.82) is 0 Å². The van der Waals surface area contributed by atoms with Crippen molar-refractivity contribution in [2.24, 2.45) is 11.8 Å². The van der Waals surface area contributed by atoms with Crippen LogP contribution in [0.3, 0.4) is 0 Å². The summed E-state index contributed by atoms with van der Waals surface area (Å²) >= 11 is 0. The van der Waals surface area contributed by atoms with E-state index in [2.05, 4.69) is 41.5 Å². The van der Waals surface area contributed by atoms with Gasteiger partial charge in [-0.05, 0) is 37.5 Å². The first-order valence-corrected chi connectivity index (χ1v) is 52.0. The number of ether oxygens (including phenoxy) is 4. The Morgan fingerprint density at radius 1 is 0.254 bits per heavy atom. The zero-order valence-corrected chi connectivity index (χ0v) is 77.2. The minimum Gasteiger partial charge on any atom is -0.462 e. The lowest BCUT2D eigenvalue weighted by molar-refractivity contribution is -0.161. The van der Waals surface area contributed by atoms with Crippen LogP contribution in [0.2, 0.25) is 0 Å². The highest BCUT2D eigenvalue weighted by Crippen LogP contribution is 2.45. The number of carbonyl (C=O) groups excluding carboxylic acids is 4. The largest absolute Gasteiger partial charge is 0.472 e. The van der Waals surface area contributed by atoms with Crippen LogP contribution in [-0.2, 0) is 65.4 Å². The van der Waals surface area contributed by atoms with Gasteiger partial charge in [0, 0.05) is 25.7 Å². The molecule has 0 heterocycles. The molecule has 0 bridgehead atoms. The van der Waals surface area contributed by atoms with Crippen LogP contribution in [0.4, 0.5) is 0 Å². The summed E-state index contributed by atoms with van der Waals surface area (Å²) in [6, 6.07) is 0. The van der Waals surface area contributed by atoms with Gasteiger partial charge in [0.25, 0.3) is 0 Å². The van der Waals surface area contributed by atoms with E-state index in [1.165, 1.54) is 334 Å². The summed E-state index contributed by atoms with van der Waals surface area (Å²) < 4.78 is 69.2. The predicted octanol–water partition coefficient (Wildman–Crippen LogP) is 29.7. The Hall–Kier alpha value is -1.94. The molecule has 19 heteroatoms. The Labute approximate surface area is 702 Å². The van der Waals surface area contributed by atoms with Crippen LogP contribution in [0.1, 0.15) is 517 Å². The van der Waals surface area contributed by atoms with Crippen molar-refractivity contribution in [2.75, 3.05) is 39.6 Å². The monoisotopic (exact) mass is 1660 g/mol. The summed E-state index contributed by atoms with van der Waals surface area (Å²) in [5.41, 5.74) is 0. The highest BCUT2D eigenvalue weighted by molar-refractivity contribution is 7.47. The maximum Gasteiger partial charge on any atom is 0.472 e. The van der Waals surface area contributed by atoms with Crippen molar-refractivity contribution in [3.63, 3.8) is 0 Å². The summed E-state index contributed by atoms with van der Waals surface area (Å²) in [4.78, 5) is 73.5. The van der Waals surface area contributed by atoms with Crippen molar-refractivity contribution < 1.29 is 80.2 Å². The molecule has 3 unspecified atom stereocenters. The summed E-state index contributed by atoms with van der Waals surface area (Å²) in [5.74, 6) is -0.496. The van der Waals surface area contributed by atoms with Gasteiger partial charge < -0.3 is 33.8 Å². The fourth-order valence-electron chi connectivity index (χ4n) is 15.0. The topological polar surface area (TPSA) is 237 Å². The Morgan fingerprint density at radius 3 is 0.667 bits per heavy atom. The number of phosphoric ester groups is 2. The van der Waals surface area contributed by atoms with Crippen LogP contribution in [0.15, 0.2) is 0 Å². The van der Waals surface area contributed by atoms with E-state index in [0.717, 1.165) is 102 Å². The number of hydrogen-bond acceptors (Lipinski definition) is 15. The minimum absolute atomic E-state index is 0.109. The first-order chi connectivity index (χ1) is 55.4. The van der Waals surface area contributed by atoms with E-state index in [4.69, 9.17) is 37.0 Å². The lowest BCUT2D eigenvalue weighted by atomic mass is 9.99. The molecule has 0 fully saturated rings. The van der Waals surface area contributed by atoms with Gasteiger partial charge in [0.1, 0.15) is 19.3 Å². The number of unbranched alkanes of at least 4 members (excludes halogenated alkanes) is 63. The van der Waals surface area contributed by atoms with Crippen LogP contribution in [0.5, 0.6) is 0 Å². The molecule has 0 radical (unpaired) electrons. The average Bonchev–Trinajstić information content (AvgIpc) is 0.897. The third-order valence-electron chi connectivity index (χ3n) is 22.8. The molecule has 0 saturated carbocycles. The Morgan fingerprint density at radius 2 is 0.447 bits per heavy atom. The molecule has 0 aromatic rings. The van der Waals surface area contributed by atoms with Gasteiger partial charge in [-0.1, -0.05) is 465 Å².